The standard InChI is InChI=1S/C10H13NO5S2/c1-15-10(12)8-2-3-9(17-8)18(13,14)11-4-6-16-7-5-11/h2-3H,4-7H2,1H3. The molecule has 6 nitrogen and oxygen atoms in total. The third-order valence-electron chi connectivity index (χ3n) is 2.53. The number of methoxy groups -OCH3 is 1. The second-order valence-electron chi connectivity index (χ2n) is 3.63. The molecule has 0 radical (unpaired) electrons. The van der Waals surface area contributed by atoms with Crippen molar-refractivity contribution in [2.45, 2.75) is 4.21 Å². The highest BCUT2D eigenvalue weighted by Crippen LogP contribution is 2.25. The van der Waals surface area contributed by atoms with Crippen molar-refractivity contribution < 1.29 is 22.7 Å². The molecular weight excluding hydrogens is 278 g/mol. The first-order chi connectivity index (χ1) is 8.55. The van der Waals surface area contributed by atoms with Gasteiger partial charge in [0.1, 0.15) is 9.09 Å². The molecule has 1 aliphatic heterocycles. The van der Waals surface area contributed by atoms with E-state index in [2.05, 4.69) is 4.74 Å². The molecule has 2 rings (SSSR count). The van der Waals surface area contributed by atoms with Gasteiger partial charge in [-0.1, -0.05) is 0 Å². The van der Waals surface area contributed by atoms with Gasteiger partial charge >= 0.3 is 5.97 Å². The van der Waals surface area contributed by atoms with Gasteiger partial charge in [0.05, 0.1) is 20.3 Å². The van der Waals surface area contributed by atoms with Crippen LogP contribution in [0.15, 0.2) is 16.3 Å². The van der Waals surface area contributed by atoms with E-state index < -0.39 is 16.0 Å². The molecule has 0 N–H and O–H groups in total. The fraction of sp³-hybridized carbons (Fsp3) is 0.500. The second kappa shape index (κ2) is 5.35. The molecule has 8 heteroatoms. The van der Waals surface area contributed by atoms with Crippen LogP contribution < -0.4 is 0 Å². The minimum Gasteiger partial charge on any atom is -0.465 e. The van der Waals surface area contributed by atoms with Crippen molar-refractivity contribution in [2.75, 3.05) is 33.4 Å². The van der Waals surface area contributed by atoms with E-state index in [0.29, 0.717) is 26.3 Å². The van der Waals surface area contributed by atoms with Crippen LogP contribution in [-0.4, -0.2) is 52.1 Å². The SMILES string of the molecule is COC(=O)c1ccc(S(=O)(=O)N2CCOCC2)s1. The monoisotopic (exact) mass is 291 g/mol. The molecule has 1 saturated heterocycles. The molecule has 1 aliphatic rings. The third kappa shape index (κ3) is 2.56. The van der Waals surface area contributed by atoms with E-state index in [-0.39, 0.29) is 9.09 Å². The Kier molecular flexibility index (Phi) is 4.00. The molecule has 0 bridgehead atoms. The van der Waals surface area contributed by atoms with E-state index in [9.17, 15) is 13.2 Å². The van der Waals surface area contributed by atoms with Crippen LogP contribution in [0.3, 0.4) is 0 Å². The first kappa shape index (κ1) is 13.5. The largest absolute Gasteiger partial charge is 0.465 e. The Bertz CT molecular complexity index is 530. The van der Waals surface area contributed by atoms with E-state index in [1.165, 1.54) is 23.5 Å². The van der Waals surface area contributed by atoms with Crippen LogP contribution in [0.2, 0.25) is 0 Å². The number of morpholine rings is 1. The molecule has 1 aromatic heterocycles. The van der Waals surface area contributed by atoms with Gasteiger partial charge in [-0.25, -0.2) is 13.2 Å². The fourth-order valence-electron chi connectivity index (χ4n) is 1.58. The highest BCUT2D eigenvalue weighted by atomic mass is 32.2. The van der Waals surface area contributed by atoms with E-state index in [1.807, 2.05) is 0 Å². The number of sulfonamides is 1. The number of carbonyl (C=O) groups is 1. The predicted octanol–water partition coefficient (Wildman–Crippen LogP) is 0.556. The van der Waals surface area contributed by atoms with Crippen molar-refractivity contribution >= 4 is 27.3 Å². The van der Waals surface area contributed by atoms with Crippen LogP contribution in [0.5, 0.6) is 0 Å². The highest BCUT2D eigenvalue weighted by molar-refractivity contribution is 7.91. The maximum Gasteiger partial charge on any atom is 0.348 e. The summed E-state index contributed by atoms with van der Waals surface area (Å²) in [5, 5.41) is 0. The Hall–Kier alpha value is -0.960. The average Bonchev–Trinajstić information content (AvgIpc) is 2.89. The Morgan fingerprint density at radius 3 is 2.67 bits per heavy atom. The molecular formula is C10H13NO5S2. The molecule has 0 amide bonds. The molecule has 0 unspecified atom stereocenters. The Morgan fingerprint density at radius 2 is 2.06 bits per heavy atom. The zero-order valence-corrected chi connectivity index (χ0v) is 11.4. The number of hydrogen-bond acceptors (Lipinski definition) is 6. The number of rotatable bonds is 3. The van der Waals surface area contributed by atoms with Gasteiger partial charge < -0.3 is 9.47 Å². The van der Waals surface area contributed by atoms with Gasteiger partial charge in [0.2, 0.25) is 0 Å². The maximum absolute atomic E-state index is 12.2. The van der Waals surface area contributed by atoms with Gasteiger partial charge in [0, 0.05) is 13.1 Å². The van der Waals surface area contributed by atoms with Crippen LogP contribution in [0, 0.1) is 0 Å². The molecule has 0 spiro atoms. The summed E-state index contributed by atoms with van der Waals surface area (Å²) in [6.45, 7) is 1.48. The molecule has 0 saturated carbocycles. The average molecular weight is 291 g/mol. The summed E-state index contributed by atoms with van der Waals surface area (Å²) in [7, 11) is -2.26. The van der Waals surface area contributed by atoms with Crippen molar-refractivity contribution in [3.8, 4) is 0 Å². The number of thiophene rings is 1. The fourth-order valence-corrected chi connectivity index (χ4v) is 4.37. The highest BCUT2D eigenvalue weighted by Gasteiger charge is 2.28. The molecule has 100 valence electrons. The summed E-state index contributed by atoms with van der Waals surface area (Å²) < 4.78 is 35.7. The topological polar surface area (TPSA) is 72.9 Å². The molecule has 2 heterocycles. The lowest BCUT2D eigenvalue weighted by atomic mass is 10.5. The lowest BCUT2D eigenvalue weighted by molar-refractivity contribution is 0.0606. The molecule has 1 fully saturated rings. The van der Waals surface area contributed by atoms with Gasteiger partial charge in [-0.15, -0.1) is 11.3 Å². The number of hydrogen-bond donors (Lipinski definition) is 0. The maximum atomic E-state index is 12.2. The third-order valence-corrected chi connectivity index (χ3v) is 5.96. The smallest absolute Gasteiger partial charge is 0.348 e. The Balaban J connectivity index is 2.24. The van der Waals surface area contributed by atoms with Crippen molar-refractivity contribution in [3.05, 3.63) is 17.0 Å². The zero-order valence-electron chi connectivity index (χ0n) is 9.79. The molecule has 1 aromatic rings. The minimum atomic E-state index is -3.52. The number of nitrogens with zero attached hydrogens (tertiary/aromatic N) is 1. The Labute approximate surface area is 109 Å². The van der Waals surface area contributed by atoms with Gasteiger partial charge in [0.25, 0.3) is 10.0 Å². The van der Waals surface area contributed by atoms with Gasteiger partial charge in [-0.2, -0.15) is 4.31 Å². The summed E-state index contributed by atoms with van der Waals surface area (Å²) in [5.41, 5.74) is 0. The number of esters is 1. The predicted molar refractivity (Wildman–Crippen MR) is 65.2 cm³/mol. The van der Waals surface area contributed by atoms with Crippen molar-refractivity contribution in [2.24, 2.45) is 0 Å². The minimum absolute atomic E-state index is 0.157. The second-order valence-corrected chi connectivity index (χ2v) is 6.88. The molecule has 0 atom stereocenters. The zero-order chi connectivity index (χ0) is 13.2. The van der Waals surface area contributed by atoms with Crippen molar-refractivity contribution in [3.63, 3.8) is 0 Å². The normalized spacial score (nSPS) is 17.6. The van der Waals surface area contributed by atoms with Crippen LogP contribution in [0.25, 0.3) is 0 Å². The molecule has 0 aromatic carbocycles. The van der Waals surface area contributed by atoms with Crippen LogP contribution in [0.1, 0.15) is 9.67 Å². The summed E-state index contributed by atoms with van der Waals surface area (Å²) in [4.78, 5) is 11.6. The van der Waals surface area contributed by atoms with Crippen molar-refractivity contribution in [1.29, 1.82) is 0 Å². The molecule has 0 aliphatic carbocycles. The van der Waals surface area contributed by atoms with Crippen molar-refractivity contribution in [1.82, 2.24) is 4.31 Å². The number of ether oxygens (including phenoxy) is 2. The lowest BCUT2D eigenvalue weighted by Crippen LogP contribution is -2.40. The first-order valence-corrected chi connectivity index (χ1v) is 7.57. The lowest BCUT2D eigenvalue weighted by Gasteiger charge is -2.25. The van der Waals surface area contributed by atoms with Gasteiger partial charge in [-0.3, -0.25) is 0 Å². The summed E-state index contributed by atoms with van der Waals surface area (Å²) in [6.07, 6.45) is 0. The Morgan fingerprint density at radius 1 is 1.39 bits per heavy atom. The van der Waals surface area contributed by atoms with E-state index in [1.54, 1.807) is 0 Å². The van der Waals surface area contributed by atoms with Crippen LogP contribution in [0.4, 0.5) is 0 Å². The molecule has 18 heavy (non-hydrogen) atoms. The van der Waals surface area contributed by atoms with Gasteiger partial charge in [-0.05, 0) is 12.1 Å². The van der Waals surface area contributed by atoms with E-state index >= 15 is 0 Å². The first-order valence-electron chi connectivity index (χ1n) is 5.32. The summed E-state index contributed by atoms with van der Waals surface area (Å²) >= 11 is 0.921. The summed E-state index contributed by atoms with van der Waals surface area (Å²) in [5.74, 6) is -0.525. The number of carbonyl (C=O) groups excluding carboxylic acids is 1. The van der Waals surface area contributed by atoms with E-state index in [4.69, 9.17) is 4.74 Å². The van der Waals surface area contributed by atoms with Gasteiger partial charge in [0.15, 0.2) is 0 Å². The van der Waals surface area contributed by atoms with E-state index in [0.717, 1.165) is 11.3 Å². The quantitative estimate of drug-likeness (QED) is 0.761. The van der Waals surface area contributed by atoms with Crippen LogP contribution >= 0.6 is 11.3 Å². The van der Waals surface area contributed by atoms with Crippen LogP contribution in [-0.2, 0) is 19.5 Å². The summed E-state index contributed by atoms with van der Waals surface area (Å²) in [6, 6.07) is 2.89.